The van der Waals surface area contributed by atoms with E-state index in [-0.39, 0.29) is 0 Å². The molecule has 31 heavy (non-hydrogen) atoms. The number of hydrogen-bond donors (Lipinski definition) is 0. The fourth-order valence-electron chi connectivity index (χ4n) is 4.37. The zero-order chi connectivity index (χ0) is 21.3. The van der Waals surface area contributed by atoms with Crippen molar-refractivity contribution in [2.24, 2.45) is 5.92 Å². The Bertz CT molecular complexity index is 900. The normalized spacial score (nSPS) is 15.1. The fraction of sp³-hybridized carbons (Fsp3) is 0.357. The van der Waals surface area contributed by atoms with E-state index in [1.165, 1.54) is 62.0 Å². The van der Waals surface area contributed by atoms with Gasteiger partial charge in [-0.15, -0.1) is 0 Å². The highest BCUT2D eigenvalue weighted by atomic mass is 35.5. The summed E-state index contributed by atoms with van der Waals surface area (Å²) in [4.78, 5) is 2.63. The molecule has 1 aliphatic heterocycles. The third-order valence-electron chi connectivity index (χ3n) is 6.26. The number of benzene rings is 3. The molecule has 2 nitrogen and oxygen atoms in total. The first-order valence-electron chi connectivity index (χ1n) is 11.5. The van der Waals surface area contributed by atoms with Crippen molar-refractivity contribution >= 4 is 11.6 Å². The first-order valence-corrected chi connectivity index (χ1v) is 11.8. The Kier molecular flexibility index (Phi) is 8.04. The second kappa shape index (κ2) is 11.4. The van der Waals surface area contributed by atoms with Crippen LogP contribution in [0.3, 0.4) is 0 Å². The summed E-state index contributed by atoms with van der Waals surface area (Å²) < 4.78 is 5.89. The predicted octanol–water partition coefficient (Wildman–Crippen LogP) is 6.81. The summed E-state index contributed by atoms with van der Waals surface area (Å²) in [6, 6.07) is 27.3. The molecule has 0 atom stereocenters. The van der Waals surface area contributed by atoms with Crippen LogP contribution in [0.5, 0.6) is 5.75 Å². The topological polar surface area (TPSA) is 12.5 Å². The van der Waals surface area contributed by atoms with Gasteiger partial charge < -0.3 is 9.64 Å². The van der Waals surface area contributed by atoms with Gasteiger partial charge in [0.25, 0.3) is 0 Å². The van der Waals surface area contributed by atoms with E-state index in [0.717, 1.165) is 23.1 Å². The van der Waals surface area contributed by atoms with Gasteiger partial charge in [0, 0.05) is 5.02 Å². The van der Waals surface area contributed by atoms with E-state index in [1.54, 1.807) is 0 Å². The van der Waals surface area contributed by atoms with E-state index in [2.05, 4.69) is 53.4 Å². The van der Waals surface area contributed by atoms with Crippen molar-refractivity contribution in [1.82, 2.24) is 4.90 Å². The van der Waals surface area contributed by atoms with Crippen LogP contribution < -0.4 is 4.74 Å². The maximum atomic E-state index is 6.00. The van der Waals surface area contributed by atoms with Gasteiger partial charge >= 0.3 is 0 Å². The van der Waals surface area contributed by atoms with Crippen LogP contribution in [0.25, 0.3) is 0 Å². The van der Waals surface area contributed by atoms with Crippen molar-refractivity contribution in [3.63, 3.8) is 0 Å². The van der Waals surface area contributed by atoms with Gasteiger partial charge in [0.05, 0.1) is 0 Å². The number of halogens is 1. The van der Waals surface area contributed by atoms with Gasteiger partial charge in [-0.05, 0) is 98.6 Å². The molecule has 4 rings (SSSR count). The molecule has 1 aliphatic rings. The Morgan fingerprint density at radius 2 is 1.45 bits per heavy atom. The van der Waals surface area contributed by atoms with Gasteiger partial charge in [-0.25, -0.2) is 0 Å². The van der Waals surface area contributed by atoms with Crippen LogP contribution in [0.4, 0.5) is 0 Å². The molecule has 0 aromatic heterocycles. The lowest BCUT2D eigenvalue weighted by atomic mass is 9.90. The molecule has 162 valence electrons. The highest BCUT2D eigenvalue weighted by molar-refractivity contribution is 6.30. The Morgan fingerprint density at radius 1 is 0.774 bits per heavy atom. The Hall–Kier alpha value is -2.29. The average molecular weight is 434 g/mol. The molecule has 0 bridgehead atoms. The van der Waals surface area contributed by atoms with Gasteiger partial charge in [0.1, 0.15) is 12.4 Å². The molecular formula is C28H32ClNO. The van der Waals surface area contributed by atoms with Crippen molar-refractivity contribution < 1.29 is 4.74 Å². The maximum absolute atomic E-state index is 6.00. The number of rotatable bonds is 9. The number of aryl methyl sites for hydroxylation is 1. The zero-order valence-corrected chi connectivity index (χ0v) is 18.9. The van der Waals surface area contributed by atoms with E-state index in [1.807, 2.05) is 30.3 Å². The summed E-state index contributed by atoms with van der Waals surface area (Å²) >= 11 is 6.00. The maximum Gasteiger partial charge on any atom is 0.119 e. The summed E-state index contributed by atoms with van der Waals surface area (Å²) in [7, 11) is 0. The molecule has 1 fully saturated rings. The quantitative estimate of drug-likeness (QED) is 0.367. The second-order valence-electron chi connectivity index (χ2n) is 8.64. The summed E-state index contributed by atoms with van der Waals surface area (Å²) in [5, 5.41) is 0.827. The number of nitrogens with zero attached hydrogens (tertiary/aromatic N) is 1. The molecule has 3 aromatic carbocycles. The third-order valence-corrected chi connectivity index (χ3v) is 6.51. The van der Waals surface area contributed by atoms with Crippen molar-refractivity contribution in [1.29, 1.82) is 0 Å². The summed E-state index contributed by atoms with van der Waals surface area (Å²) in [6.45, 7) is 4.27. The highest BCUT2D eigenvalue weighted by Gasteiger charge is 2.19. The molecule has 0 spiro atoms. The van der Waals surface area contributed by atoms with Crippen molar-refractivity contribution in [3.05, 3.63) is 101 Å². The molecule has 0 aliphatic carbocycles. The smallest absolute Gasteiger partial charge is 0.119 e. The summed E-state index contributed by atoms with van der Waals surface area (Å²) in [5.74, 6) is 1.75. The van der Waals surface area contributed by atoms with Crippen LogP contribution in [0.2, 0.25) is 5.02 Å². The van der Waals surface area contributed by atoms with Crippen LogP contribution in [0.15, 0.2) is 78.9 Å². The summed E-state index contributed by atoms with van der Waals surface area (Å²) in [5.41, 5.74) is 4.01. The van der Waals surface area contributed by atoms with Gasteiger partial charge in [0.2, 0.25) is 0 Å². The van der Waals surface area contributed by atoms with Crippen LogP contribution in [0, 0.1) is 5.92 Å². The summed E-state index contributed by atoms with van der Waals surface area (Å²) in [6.07, 6.45) is 6.13. The standard InChI is InChI=1S/C28H32ClNO/c29-27-12-8-24(9-13-27)21-25-16-19-30(20-17-25)18-4-7-23-10-14-28(15-11-23)31-22-26-5-2-1-3-6-26/h1-3,5-6,8-15,25H,4,7,16-22H2. The van der Waals surface area contributed by atoms with Gasteiger partial charge in [-0.3, -0.25) is 0 Å². The fourth-order valence-corrected chi connectivity index (χ4v) is 4.49. The van der Waals surface area contributed by atoms with Crippen molar-refractivity contribution in [3.8, 4) is 5.75 Å². The SMILES string of the molecule is Clc1ccc(CC2CCN(CCCc3ccc(OCc4ccccc4)cc3)CC2)cc1. The predicted molar refractivity (Wildman–Crippen MR) is 130 cm³/mol. The third kappa shape index (κ3) is 7.12. The van der Waals surface area contributed by atoms with Crippen molar-refractivity contribution in [2.45, 2.75) is 38.7 Å². The van der Waals surface area contributed by atoms with E-state index in [9.17, 15) is 0 Å². The first kappa shape index (κ1) is 21.9. The number of ether oxygens (including phenoxy) is 1. The molecule has 0 saturated carbocycles. The Balaban J connectivity index is 1.13. The lowest BCUT2D eigenvalue weighted by Crippen LogP contribution is -2.35. The number of likely N-dealkylation sites (tertiary alicyclic amines) is 1. The lowest BCUT2D eigenvalue weighted by Gasteiger charge is -2.32. The van der Waals surface area contributed by atoms with E-state index in [4.69, 9.17) is 16.3 Å². The van der Waals surface area contributed by atoms with Crippen LogP contribution in [-0.4, -0.2) is 24.5 Å². The molecule has 3 heteroatoms. The average Bonchev–Trinajstić information content (AvgIpc) is 2.82. The number of hydrogen-bond acceptors (Lipinski definition) is 2. The van der Waals surface area contributed by atoms with E-state index in [0.29, 0.717) is 6.61 Å². The monoisotopic (exact) mass is 433 g/mol. The molecule has 0 N–H and O–H groups in total. The minimum Gasteiger partial charge on any atom is -0.489 e. The molecule has 0 amide bonds. The highest BCUT2D eigenvalue weighted by Crippen LogP contribution is 2.23. The Labute approximate surface area is 191 Å². The second-order valence-corrected chi connectivity index (χ2v) is 9.07. The number of piperidine rings is 1. The Morgan fingerprint density at radius 3 is 2.16 bits per heavy atom. The molecular weight excluding hydrogens is 402 g/mol. The van der Waals surface area contributed by atoms with E-state index >= 15 is 0 Å². The van der Waals surface area contributed by atoms with Crippen LogP contribution >= 0.6 is 11.6 Å². The minimum absolute atomic E-state index is 0.619. The minimum atomic E-state index is 0.619. The molecule has 0 unspecified atom stereocenters. The van der Waals surface area contributed by atoms with Gasteiger partial charge in [0.15, 0.2) is 0 Å². The zero-order valence-electron chi connectivity index (χ0n) is 18.2. The van der Waals surface area contributed by atoms with Crippen LogP contribution in [-0.2, 0) is 19.4 Å². The van der Waals surface area contributed by atoms with Gasteiger partial charge in [-0.2, -0.15) is 0 Å². The van der Waals surface area contributed by atoms with Crippen LogP contribution in [0.1, 0.15) is 36.0 Å². The molecule has 3 aromatic rings. The molecule has 0 radical (unpaired) electrons. The molecule has 1 saturated heterocycles. The first-order chi connectivity index (χ1) is 15.2. The largest absolute Gasteiger partial charge is 0.489 e. The van der Waals surface area contributed by atoms with E-state index < -0.39 is 0 Å². The molecule has 1 heterocycles. The van der Waals surface area contributed by atoms with Gasteiger partial charge in [-0.1, -0.05) is 66.2 Å². The van der Waals surface area contributed by atoms with Crippen molar-refractivity contribution in [2.75, 3.05) is 19.6 Å². The lowest BCUT2D eigenvalue weighted by molar-refractivity contribution is 0.182.